The van der Waals surface area contributed by atoms with E-state index in [4.69, 9.17) is 9.02 Å². The number of fused-ring (bicyclic) bond motifs is 4. The Labute approximate surface area is 277 Å². The Hall–Kier alpha value is -2.24. The average molecular weight is 713 g/mol. The van der Waals surface area contributed by atoms with E-state index < -0.39 is 26.0 Å². The number of nitrogens with zero attached hydrogens (tertiary/aromatic N) is 3. The number of methoxy groups -OCH3 is 1. The summed E-state index contributed by atoms with van der Waals surface area (Å²) in [7, 11) is -6.47. The molecule has 4 aromatic rings. The molecule has 0 amide bonds. The fourth-order valence-corrected chi connectivity index (χ4v) is 10.8. The van der Waals surface area contributed by atoms with E-state index in [0.717, 1.165) is 46.7 Å². The number of aromatic nitrogens is 1. The van der Waals surface area contributed by atoms with Crippen molar-refractivity contribution in [2.45, 2.75) is 45.1 Å². The first-order valence-corrected chi connectivity index (χ1v) is 20.5. The zero-order valence-electron chi connectivity index (χ0n) is 25.7. The van der Waals surface area contributed by atoms with Gasteiger partial charge in [0, 0.05) is 29.3 Å². The summed E-state index contributed by atoms with van der Waals surface area (Å²) in [5.41, 5.74) is 1.97. The summed E-state index contributed by atoms with van der Waals surface area (Å²) in [5.74, 6) is 0.207. The molecule has 2 aromatic carbocycles. The number of benzene rings is 2. The zero-order chi connectivity index (χ0) is 32.4. The molecule has 0 N–H and O–H groups in total. The third-order valence-electron chi connectivity index (χ3n) is 8.05. The summed E-state index contributed by atoms with van der Waals surface area (Å²) in [6.45, 7) is 8.29. The maximum Gasteiger partial charge on any atom is 0.314 e. The van der Waals surface area contributed by atoms with E-state index in [2.05, 4.69) is 15.5 Å². The summed E-state index contributed by atoms with van der Waals surface area (Å²) in [6, 6.07) is 12.0. The molecule has 1 radical (unpaired) electrons. The third kappa shape index (κ3) is 7.51. The van der Waals surface area contributed by atoms with Gasteiger partial charge in [0.2, 0.25) is 5.52 Å². The van der Waals surface area contributed by atoms with Gasteiger partial charge in [-0.2, -0.15) is 26.0 Å². The summed E-state index contributed by atoms with van der Waals surface area (Å²) < 4.78 is 75.9. The highest BCUT2D eigenvalue weighted by atomic mass is 32.2. The average Bonchev–Trinajstić information content (AvgIpc) is 3.71. The molecule has 0 unspecified atom stereocenters. The van der Waals surface area contributed by atoms with Gasteiger partial charge >= 0.3 is 10.1 Å². The van der Waals surface area contributed by atoms with Crippen LogP contribution in [0, 0.1) is 0 Å². The molecule has 10 nitrogen and oxygen atoms in total. The quantitative estimate of drug-likeness (QED) is 0.0838. The summed E-state index contributed by atoms with van der Waals surface area (Å²) in [6.07, 6.45) is 2.62. The lowest BCUT2D eigenvalue weighted by molar-refractivity contribution is -1.08. The normalized spacial score (nSPS) is 15.0. The maximum atomic E-state index is 13.0. The highest BCUT2D eigenvalue weighted by molar-refractivity contribution is 8.04. The van der Waals surface area contributed by atoms with E-state index in [-0.39, 0.29) is 16.8 Å². The highest BCUT2D eigenvalue weighted by Gasteiger charge is 2.33. The first-order valence-electron chi connectivity index (χ1n) is 14.8. The Balaban J connectivity index is 1.50. The van der Waals surface area contributed by atoms with Crippen LogP contribution in [0.1, 0.15) is 38.6 Å². The molecule has 0 spiro atoms. The predicted molar refractivity (Wildman–Crippen MR) is 182 cm³/mol. The van der Waals surface area contributed by atoms with Crippen LogP contribution in [0.2, 0.25) is 0 Å². The number of hydrogen-bond acceptors (Lipinski definition) is 10. The second kappa shape index (κ2) is 13.9. The van der Waals surface area contributed by atoms with Crippen molar-refractivity contribution >= 4 is 86.7 Å². The first kappa shape index (κ1) is 34.1. The summed E-state index contributed by atoms with van der Waals surface area (Å²) >= 11 is 4.76. The topological polar surface area (TPSA) is 114 Å². The SMILES string of the molecule is CC[N+](CC)(CC)OS(=O)(=O)CCCN1C(=Cc2sc3cc(OC)c4ccsc4c3[n+]2CCCS([O])(=O)=O)Sc2ccccc21. The number of thioether (sulfide) groups is 1. The van der Waals surface area contributed by atoms with E-state index in [1.54, 1.807) is 41.5 Å². The molecule has 243 valence electrons. The van der Waals surface area contributed by atoms with Crippen LogP contribution < -0.4 is 14.2 Å². The maximum absolute atomic E-state index is 13.0. The lowest BCUT2D eigenvalue weighted by Crippen LogP contribution is -2.49. The van der Waals surface area contributed by atoms with Crippen molar-refractivity contribution in [3.8, 4) is 5.75 Å². The third-order valence-corrected chi connectivity index (χ3v) is 13.3. The number of anilines is 1. The Bertz CT molecular complexity index is 1920. The van der Waals surface area contributed by atoms with Crippen LogP contribution in [0.25, 0.3) is 26.4 Å². The molecule has 15 heteroatoms. The molecular formula is C30H38N3O7S5+2. The van der Waals surface area contributed by atoms with E-state index in [0.29, 0.717) is 39.1 Å². The minimum absolute atomic E-state index is 0.0672. The Kier molecular flexibility index (Phi) is 10.5. The monoisotopic (exact) mass is 712 g/mol. The number of para-hydroxylation sites is 1. The number of thiophene rings is 1. The number of aryl methyl sites for hydroxylation is 1. The van der Waals surface area contributed by atoms with Gasteiger partial charge in [-0.1, -0.05) is 44.1 Å². The van der Waals surface area contributed by atoms with E-state index in [1.165, 1.54) is 0 Å². The van der Waals surface area contributed by atoms with Crippen molar-refractivity contribution in [3.63, 3.8) is 0 Å². The number of hydroxylamine groups is 3. The largest absolute Gasteiger partial charge is 0.496 e. The van der Waals surface area contributed by atoms with Gasteiger partial charge in [-0.15, -0.1) is 11.3 Å². The van der Waals surface area contributed by atoms with Crippen LogP contribution >= 0.6 is 34.4 Å². The van der Waals surface area contributed by atoms with Crippen molar-refractivity contribution in [3.05, 3.63) is 51.8 Å². The molecule has 0 bridgehead atoms. The zero-order valence-corrected chi connectivity index (χ0v) is 29.8. The standard InChI is InChI=1S/C30H38N3O7S5/c1-5-33(6-2,7-3)40-45(37,38)19-11-15-31-23-12-8-9-13-25(23)42-27(31)21-28-32(16-10-18-44(34,35)36)29-26(43-28)20-24(39-4)22-14-17-41-30(22)29/h8-9,12-14,17,20-21H,5-7,10-11,15-16,18-19H2,1-4H3/q+2. The van der Waals surface area contributed by atoms with Crippen molar-refractivity contribution in [2.75, 3.05) is 49.7 Å². The molecule has 2 aromatic heterocycles. The molecule has 5 rings (SSSR count). The van der Waals surface area contributed by atoms with Crippen LogP contribution in [-0.2, 0) is 35.6 Å². The molecule has 0 saturated carbocycles. The van der Waals surface area contributed by atoms with Crippen LogP contribution in [0.4, 0.5) is 5.69 Å². The van der Waals surface area contributed by atoms with Gasteiger partial charge in [-0.25, -0.2) is 0 Å². The van der Waals surface area contributed by atoms with Crippen LogP contribution in [0.3, 0.4) is 0 Å². The number of ether oxygens (including phenoxy) is 1. The Morgan fingerprint density at radius 2 is 1.73 bits per heavy atom. The first-order chi connectivity index (χ1) is 21.4. The Morgan fingerprint density at radius 3 is 2.42 bits per heavy atom. The van der Waals surface area contributed by atoms with E-state index in [9.17, 15) is 21.4 Å². The van der Waals surface area contributed by atoms with Gasteiger partial charge in [-0.05, 0) is 50.8 Å². The van der Waals surface area contributed by atoms with Gasteiger partial charge in [0.1, 0.15) is 34.8 Å². The second-order valence-corrected chi connectivity index (χ2v) is 16.9. The fourth-order valence-electron chi connectivity index (χ4n) is 5.58. The molecule has 1 aliphatic heterocycles. The van der Waals surface area contributed by atoms with Gasteiger partial charge in [-0.3, -0.25) is 0 Å². The van der Waals surface area contributed by atoms with Gasteiger partial charge < -0.3 is 9.64 Å². The second-order valence-electron chi connectivity index (χ2n) is 10.7. The molecule has 45 heavy (non-hydrogen) atoms. The van der Waals surface area contributed by atoms with Gasteiger partial charge in [0.25, 0.3) is 15.1 Å². The van der Waals surface area contributed by atoms with Gasteiger partial charge in [0.15, 0.2) is 6.54 Å². The smallest absolute Gasteiger partial charge is 0.314 e. The molecule has 0 saturated heterocycles. The minimum Gasteiger partial charge on any atom is -0.496 e. The Morgan fingerprint density at radius 1 is 1.00 bits per heavy atom. The van der Waals surface area contributed by atoms with Crippen LogP contribution in [-0.4, -0.2) is 66.3 Å². The van der Waals surface area contributed by atoms with Crippen molar-refractivity contribution < 1.29 is 39.6 Å². The predicted octanol–water partition coefficient (Wildman–Crippen LogP) is 6.00. The molecule has 1 aliphatic rings. The van der Waals surface area contributed by atoms with Crippen molar-refractivity contribution in [1.82, 2.24) is 0 Å². The van der Waals surface area contributed by atoms with Crippen molar-refractivity contribution in [1.29, 1.82) is 0 Å². The number of thiazole rings is 1. The summed E-state index contributed by atoms with van der Waals surface area (Å²) in [4.78, 5) is 3.20. The lowest BCUT2D eigenvalue weighted by atomic mass is 10.2. The molecule has 0 fully saturated rings. The fraction of sp³-hybridized carbons (Fsp3) is 0.433. The van der Waals surface area contributed by atoms with Crippen LogP contribution in [0.15, 0.2) is 51.7 Å². The molecule has 3 heterocycles. The molecule has 0 aliphatic carbocycles. The summed E-state index contributed by atoms with van der Waals surface area (Å²) in [5, 5.41) is 4.80. The molecular weight excluding hydrogens is 675 g/mol. The van der Waals surface area contributed by atoms with Gasteiger partial charge in [0.05, 0.1) is 35.4 Å². The number of quaternary nitrogens is 1. The molecule has 0 atom stereocenters. The van der Waals surface area contributed by atoms with E-state index in [1.807, 2.05) is 62.5 Å². The van der Waals surface area contributed by atoms with Crippen molar-refractivity contribution in [2.24, 2.45) is 0 Å². The highest BCUT2D eigenvalue weighted by Crippen LogP contribution is 2.47. The number of hydrogen-bond donors (Lipinski definition) is 0. The lowest BCUT2D eigenvalue weighted by Gasteiger charge is -2.31. The van der Waals surface area contributed by atoms with E-state index >= 15 is 0 Å². The number of rotatable bonds is 15. The minimum atomic E-state index is -4.36. The van der Waals surface area contributed by atoms with Crippen LogP contribution in [0.5, 0.6) is 5.75 Å².